The summed E-state index contributed by atoms with van der Waals surface area (Å²) in [6.07, 6.45) is 1.49. The number of aryl methyl sites for hydroxylation is 1. The molecule has 0 spiro atoms. The number of hydrogen-bond donors (Lipinski definition) is 1. The van der Waals surface area contributed by atoms with E-state index in [1.807, 2.05) is 20.0 Å². The molecule has 2 fully saturated rings. The van der Waals surface area contributed by atoms with Crippen LogP contribution in [0.1, 0.15) is 41.5 Å². The molecular formula is C16H24ClN5O3S2. The van der Waals surface area contributed by atoms with Crippen LogP contribution in [0.15, 0.2) is 20.9 Å². The second-order valence-electron chi connectivity index (χ2n) is 6.83. The molecule has 4 heterocycles. The molecule has 0 aromatic carbocycles. The minimum atomic E-state index is -3.54. The maximum atomic E-state index is 13.0. The molecule has 27 heavy (non-hydrogen) atoms. The zero-order valence-corrected chi connectivity index (χ0v) is 17.7. The smallest absolute Gasteiger partial charge is 0.253 e. The van der Waals surface area contributed by atoms with Crippen LogP contribution in [-0.4, -0.2) is 61.0 Å². The highest BCUT2D eigenvalue weighted by atomic mass is 35.5. The normalized spacial score (nSPS) is 24.8. The Morgan fingerprint density at radius 3 is 2.81 bits per heavy atom. The van der Waals surface area contributed by atoms with Crippen molar-refractivity contribution in [2.75, 3.05) is 33.2 Å². The van der Waals surface area contributed by atoms with E-state index in [-0.39, 0.29) is 24.5 Å². The van der Waals surface area contributed by atoms with Crippen molar-refractivity contribution in [3.63, 3.8) is 0 Å². The van der Waals surface area contributed by atoms with Crippen LogP contribution >= 0.6 is 23.7 Å². The van der Waals surface area contributed by atoms with Gasteiger partial charge in [0.2, 0.25) is 5.89 Å². The fourth-order valence-electron chi connectivity index (χ4n) is 3.55. The van der Waals surface area contributed by atoms with Crippen molar-refractivity contribution in [2.24, 2.45) is 0 Å². The molecule has 2 atom stereocenters. The van der Waals surface area contributed by atoms with Gasteiger partial charge in [-0.15, -0.1) is 23.7 Å². The van der Waals surface area contributed by atoms with Gasteiger partial charge in [0.1, 0.15) is 10.3 Å². The van der Waals surface area contributed by atoms with Gasteiger partial charge in [-0.25, -0.2) is 8.42 Å². The Balaban J connectivity index is 0.00000210. The SMILES string of the molecule is Cc1ccc(S(=O)(=O)N2CCCC2c2nc(C3CNCCN3C)no2)s1.Cl. The lowest BCUT2D eigenvalue weighted by atomic mass is 10.2. The number of rotatable bonds is 4. The standard InChI is InChI=1S/C16H23N5O3S2.ClH/c1-11-5-6-14(25-11)26(22,23)21-8-3-4-12(21)16-18-15(19-24-16)13-10-17-7-9-20(13)2;/h5-6,12-13,17H,3-4,7-10H2,1-2H3;1H. The first kappa shape index (κ1) is 20.7. The predicted molar refractivity (Wildman–Crippen MR) is 105 cm³/mol. The first-order valence-electron chi connectivity index (χ1n) is 8.79. The summed E-state index contributed by atoms with van der Waals surface area (Å²) in [5.41, 5.74) is 0. The van der Waals surface area contributed by atoms with Gasteiger partial charge in [0.15, 0.2) is 5.82 Å². The van der Waals surface area contributed by atoms with Gasteiger partial charge in [-0.3, -0.25) is 4.90 Å². The third-order valence-electron chi connectivity index (χ3n) is 5.03. The van der Waals surface area contributed by atoms with E-state index in [0.29, 0.717) is 28.9 Å². The molecular weight excluding hydrogens is 410 g/mol. The Morgan fingerprint density at radius 1 is 1.30 bits per heavy atom. The molecule has 2 aliphatic heterocycles. The monoisotopic (exact) mass is 433 g/mol. The van der Waals surface area contributed by atoms with Crippen LogP contribution in [0.25, 0.3) is 0 Å². The van der Waals surface area contributed by atoms with E-state index in [0.717, 1.165) is 30.9 Å². The van der Waals surface area contributed by atoms with E-state index in [4.69, 9.17) is 4.52 Å². The Labute approximate surface area is 169 Å². The van der Waals surface area contributed by atoms with E-state index in [9.17, 15) is 8.42 Å². The van der Waals surface area contributed by atoms with Gasteiger partial charge in [0.25, 0.3) is 10.0 Å². The molecule has 150 valence electrons. The predicted octanol–water partition coefficient (Wildman–Crippen LogP) is 1.96. The van der Waals surface area contributed by atoms with Crippen molar-refractivity contribution in [3.05, 3.63) is 28.7 Å². The summed E-state index contributed by atoms with van der Waals surface area (Å²) < 4.78 is 33.4. The molecule has 2 saturated heterocycles. The number of thiophene rings is 1. The summed E-state index contributed by atoms with van der Waals surface area (Å²) in [6, 6.07) is 3.17. The molecule has 1 N–H and O–H groups in total. The highest BCUT2D eigenvalue weighted by Gasteiger charge is 2.40. The van der Waals surface area contributed by atoms with Crippen molar-refractivity contribution >= 4 is 33.8 Å². The molecule has 0 aliphatic carbocycles. The van der Waals surface area contributed by atoms with Crippen molar-refractivity contribution < 1.29 is 12.9 Å². The average molecular weight is 434 g/mol. The van der Waals surface area contributed by atoms with Crippen LogP contribution in [0.2, 0.25) is 0 Å². The van der Waals surface area contributed by atoms with Crippen LogP contribution < -0.4 is 5.32 Å². The number of aromatic nitrogens is 2. The Bertz CT molecular complexity index is 884. The van der Waals surface area contributed by atoms with E-state index in [2.05, 4.69) is 20.4 Å². The number of piperazine rings is 1. The van der Waals surface area contributed by atoms with Crippen molar-refractivity contribution in [3.8, 4) is 0 Å². The molecule has 2 aromatic rings. The number of nitrogens with one attached hydrogen (secondary N) is 1. The summed E-state index contributed by atoms with van der Waals surface area (Å²) in [6.45, 7) is 5.00. The van der Waals surface area contributed by atoms with Gasteiger partial charge in [-0.1, -0.05) is 5.16 Å². The first-order chi connectivity index (χ1) is 12.5. The summed E-state index contributed by atoms with van der Waals surface area (Å²) >= 11 is 1.30. The van der Waals surface area contributed by atoms with Crippen molar-refractivity contribution in [2.45, 2.75) is 36.1 Å². The Hall–Kier alpha value is -1.04. The largest absolute Gasteiger partial charge is 0.337 e. The van der Waals surface area contributed by atoms with Gasteiger partial charge in [-0.2, -0.15) is 9.29 Å². The van der Waals surface area contributed by atoms with Crippen molar-refractivity contribution in [1.82, 2.24) is 24.7 Å². The highest BCUT2D eigenvalue weighted by Crippen LogP contribution is 2.37. The quantitative estimate of drug-likeness (QED) is 0.787. The molecule has 2 unspecified atom stereocenters. The van der Waals surface area contributed by atoms with E-state index in [1.165, 1.54) is 15.6 Å². The maximum absolute atomic E-state index is 13.0. The minimum absolute atomic E-state index is 0. The van der Waals surface area contributed by atoms with Gasteiger partial charge in [0.05, 0.1) is 6.04 Å². The first-order valence-corrected chi connectivity index (χ1v) is 11.1. The zero-order valence-electron chi connectivity index (χ0n) is 15.3. The lowest BCUT2D eigenvalue weighted by molar-refractivity contribution is 0.190. The number of halogens is 1. The number of nitrogens with zero attached hydrogens (tertiary/aromatic N) is 4. The maximum Gasteiger partial charge on any atom is 0.253 e. The molecule has 8 nitrogen and oxygen atoms in total. The topological polar surface area (TPSA) is 91.6 Å². The Morgan fingerprint density at radius 2 is 2.11 bits per heavy atom. The molecule has 0 saturated carbocycles. The Kier molecular flexibility index (Phi) is 6.24. The lowest BCUT2D eigenvalue weighted by Gasteiger charge is -2.30. The lowest BCUT2D eigenvalue weighted by Crippen LogP contribution is -2.44. The van der Waals surface area contributed by atoms with E-state index < -0.39 is 10.0 Å². The fourth-order valence-corrected chi connectivity index (χ4v) is 6.62. The second kappa shape index (κ2) is 8.14. The fraction of sp³-hybridized carbons (Fsp3) is 0.625. The molecule has 4 rings (SSSR count). The second-order valence-corrected chi connectivity index (χ2v) is 10.2. The van der Waals surface area contributed by atoms with Gasteiger partial charge in [0, 0.05) is 31.1 Å². The molecule has 11 heteroatoms. The summed E-state index contributed by atoms with van der Waals surface area (Å²) in [4.78, 5) is 7.73. The minimum Gasteiger partial charge on any atom is -0.337 e. The van der Waals surface area contributed by atoms with E-state index in [1.54, 1.807) is 6.07 Å². The van der Waals surface area contributed by atoms with Crippen LogP contribution in [0.3, 0.4) is 0 Å². The van der Waals surface area contributed by atoms with Crippen LogP contribution in [0, 0.1) is 6.92 Å². The molecule has 0 amide bonds. The van der Waals surface area contributed by atoms with Crippen LogP contribution in [-0.2, 0) is 10.0 Å². The van der Waals surface area contributed by atoms with Crippen LogP contribution in [0.4, 0.5) is 0 Å². The van der Waals surface area contributed by atoms with Crippen molar-refractivity contribution in [1.29, 1.82) is 0 Å². The number of sulfonamides is 1. The van der Waals surface area contributed by atoms with Gasteiger partial charge < -0.3 is 9.84 Å². The molecule has 2 aromatic heterocycles. The summed E-state index contributed by atoms with van der Waals surface area (Å²) in [5, 5.41) is 7.47. The third kappa shape index (κ3) is 3.92. The third-order valence-corrected chi connectivity index (χ3v) is 8.41. The zero-order chi connectivity index (χ0) is 18.3. The highest BCUT2D eigenvalue weighted by molar-refractivity contribution is 7.91. The summed E-state index contributed by atoms with van der Waals surface area (Å²) in [7, 11) is -1.51. The molecule has 2 aliphatic rings. The number of hydrogen-bond acceptors (Lipinski definition) is 8. The number of likely N-dealkylation sites (N-methyl/N-ethyl adjacent to an activating group) is 1. The summed E-state index contributed by atoms with van der Waals surface area (Å²) in [5.74, 6) is 1.01. The molecule has 0 bridgehead atoms. The molecule has 0 radical (unpaired) electrons. The van der Waals surface area contributed by atoms with Gasteiger partial charge in [-0.05, 0) is 38.9 Å². The van der Waals surface area contributed by atoms with Gasteiger partial charge >= 0.3 is 0 Å². The van der Waals surface area contributed by atoms with Crippen LogP contribution in [0.5, 0.6) is 0 Å². The van der Waals surface area contributed by atoms with E-state index >= 15 is 0 Å². The average Bonchev–Trinajstić information content (AvgIpc) is 3.35.